The largest absolute Gasteiger partial charge is 0.325 e. The lowest BCUT2D eigenvalue weighted by atomic mass is 10.1. The number of carbonyl (C=O) groups is 1. The SMILES string of the molecule is Cc1ccc(CC(C)NC(C)C(=O)Nc2ccccc2)s1. The van der Waals surface area contributed by atoms with Crippen molar-refractivity contribution < 1.29 is 4.79 Å². The van der Waals surface area contributed by atoms with Gasteiger partial charge < -0.3 is 10.6 Å². The standard InChI is InChI=1S/C17H22N2OS/c1-12(11-16-10-9-13(2)21-16)18-14(3)17(20)19-15-7-5-4-6-8-15/h4-10,12,14,18H,11H2,1-3H3,(H,19,20). The van der Waals surface area contributed by atoms with Crippen LogP contribution in [0.1, 0.15) is 23.6 Å². The molecule has 2 aromatic rings. The summed E-state index contributed by atoms with van der Waals surface area (Å²) in [4.78, 5) is 14.8. The molecule has 3 nitrogen and oxygen atoms in total. The second kappa shape index (κ2) is 7.38. The molecule has 0 bridgehead atoms. The molecule has 0 aliphatic heterocycles. The van der Waals surface area contributed by atoms with Crippen molar-refractivity contribution in [1.82, 2.24) is 5.32 Å². The van der Waals surface area contributed by atoms with Crippen LogP contribution in [0, 0.1) is 6.92 Å². The van der Waals surface area contributed by atoms with Crippen LogP contribution in [0.25, 0.3) is 0 Å². The zero-order chi connectivity index (χ0) is 15.2. The van der Waals surface area contributed by atoms with Crippen LogP contribution in [0.3, 0.4) is 0 Å². The Hall–Kier alpha value is -1.65. The third-order valence-corrected chi connectivity index (χ3v) is 4.30. The predicted octanol–water partition coefficient (Wildman–Crippen LogP) is 3.60. The van der Waals surface area contributed by atoms with Gasteiger partial charge in [-0.15, -0.1) is 11.3 Å². The summed E-state index contributed by atoms with van der Waals surface area (Å²) in [6.07, 6.45) is 0.946. The third kappa shape index (κ3) is 4.99. The van der Waals surface area contributed by atoms with E-state index in [9.17, 15) is 4.79 Å². The molecule has 0 aliphatic rings. The monoisotopic (exact) mass is 302 g/mol. The molecule has 0 saturated carbocycles. The number of anilines is 1. The smallest absolute Gasteiger partial charge is 0.241 e. The minimum atomic E-state index is -0.221. The lowest BCUT2D eigenvalue weighted by Crippen LogP contribution is -2.43. The van der Waals surface area contributed by atoms with Gasteiger partial charge in [-0.3, -0.25) is 4.79 Å². The Kier molecular flexibility index (Phi) is 5.53. The maximum Gasteiger partial charge on any atom is 0.241 e. The summed E-state index contributed by atoms with van der Waals surface area (Å²) in [5.74, 6) is -0.00425. The first-order valence-electron chi connectivity index (χ1n) is 7.22. The highest BCUT2D eigenvalue weighted by Crippen LogP contribution is 2.16. The number of para-hydroxylation sites is 1. The maximum atomic E-state index is 12.1. The molecule has 0 saturated heterocycles. The summed E-state index contributed by atoms with van der Waals surface area (Å²) < 4.78 is 0. The van der Waals surface area contributed by atoms with Crippen molar-refractivity contribution in [2.24, 2.45) is 0 Å². The summed E-state index contributed by atoms with van der Waals surface area (Å²) >= 11 is 1.81. The molecular formula is C17H22N2OS. The average molecular weight is 302 g/mol. The quantitative estimate of drug-likeness (QED) is 0.856. The van der Waals surface area contributed by atoms with Crippen molar-refractivity contribution in [1.29, 1.82) is 0 Å². The van der Waals surface area contributed by atoms with Crippen molar-refractivity contribution in [2.45, 2.75) is 39.3 Å². The highest BCUT2D eigenvalue weighted by atomic mass is 32.1. The molecule has 0 spiro atoms. The van der Waals surface area contributed by atoms with Crippen molar-refractivity contribution in [2.75, 3.05) is 5.32 Å². The number of hydrogen-bond donors (Lipinski definition) is 2. The molecule has 0 aliphatic carbocycles. The van der Waals surface area contributed by atoms with Crippen LogP contribution in [0.2, 0.25) is 0 Å². The van der Waals surface area contributed by atoms with Crippen LogP contribution in [0.15, 0.2) is 42.5 Å². The minimum absolute atomic E-state index is 0.00425. The second-order valence-corrected chi connectivity index (χ2v) is 6.73. The molecule has 21 heavy (non-hydrogen) atoms. The van der Waals surface area contributed by atoms with Crippen LogP contribution in [-0.2, 0) is 11.2 Å². The van der Waals surface area contributed by atoms with Gasteiger partial charge in [0.05, 0.1) is 6.04 Å². The molecule has 1 amide bonds. The van der Waals surface area contributed by atoms with E-state index in [0.717, 1.165) is 12.1 Å². The van der Waals surface area contributed by atoms with Gasteiger partial charge >= 0.3 is 0 Å². The summed E-state index contributed by atoms with van der Waals surface area (Å²) in [6.45, 7) is 6.12. The normalized spacial score (nSPS) is 13.7. The van der Waals surface area contributed by atoms with Crippen molar-refractivity contribution >= 4 is 22.9 Å². The first-order chi connectivity index (χ1) is 10.0. The van der Waals surface area contributed by atoms with Gasteiger partial charge in [-0.1, -0.05) is 18.2 Å². The molecule has 2 unspecified atom stereocenters. The topological polar surface area (TPSA) is 41.1 Å². The Morgan fingerprint density at radius 3 is 2.48 bits per heavy atom. The zero-order valence-corrected chi connectivity index (χ0v) is 13.5. The first kappa shape index (κ1) is 15.7. The maximum absolute atomic E-state index is 12.1. The van der Waals surface area contributed by atoms with E-state index >= 15 is 0 Å². The number of hydrogen-bond acceptors (Lipinski definition) is 3. The molecule has 4 heteroatoms. The molecule has 1 aromatic carbocycles. The van der Waals surface area contributed by atoms with Gasteiger partial charge in [-0.05, 0) is 51.5 Å². The fourth-order valence-corrected chi connectivity index (χ4v) is 3.25. The molecule has 0 fully saturated rings. The van der Waals surface area contributed by atoms with Crippen LogP contribution in [0.5, 0.6) is 0 Å². The van der Waals surface area contributed by atoms with E-state index in [1.54, 1.807) is 0 Å². The lowest BCUT2D eigenvalue weighted by molar-refractivity contribution is -0.117. The van der Waals surface area contributed by atoms with E-state index < -0.39 is 0 Å². The Labute approximate surface area is 130 Å². The first-order valence-corrected chi connectivity index (χ1v) is 8.03. The van der Waals surface area contributed by atoms with Crippen LogP contribution in [-0.4, -0.2) is 18.0 Å². The molecule has 1 heterocycles. The van der Waals surface area contributed by atoms with Gasteiger partial charge in [0.2, 0.25) is 5.91 Å². The van der Waals surface area contributed by atoms with Gasteiger partial charge in [0.1, 0.15) is 0 Å². The highest BCUT2D eigenvalue weighted by molar-refractivity contribution is 7.11. The number of amides is 1. The van der Waals surface area contributed by atoms with E-state index in [2.05, 4.69) is 36.6 Å². The van der Waals surface area contributed by atoms with Crippen LogP contribution < -0.4 is 10.6 Å². The third-order valence-electron chi connectivity index (χ3n) is 3.27. The van der Waals surface area contributed by atoms with Crippen molar-refractivity contribution in [3.8, 4) is 0 Å². The average Bonchev–Trinajstić information content (AvgIpc) is 2.84. The number of aryl methyl sites for hydroxylation is 1. The molecule has 0 radical (unpaired) electrons. The van der Waals surface area contributed by atoms with Gasteiger partial charge in [0, 0.05) is 21.5 Å². The Morgan fingerprint density at radius 2 is 1.86 bits per heavy atom. The number of carbonyl (C=O) groups excluding carboxylic acids is 1. The van der Waals surface area contributed by atoms with E-state index in [4.69, 9.17) is 0 Å². The fourth-order valence-electron chi connectivity index (χ4n) is 2.23. The van der Waals surface area contributed by atoms with Gasteiger partial charge in [-0.25, -0.2) is 0 Å². The Morgan fingerprint density at radius 1 is 1.14 bits per heavy atom. The van der Waals surface area contributed by atoms with Crippen molar-refractivity contribution in [3.05, 3.63) is 52.2 Å². The fraction of sp³-hybridized carbons (Fsp3) is 0.353. The number of thiophene rings is 1. The summed E-state index contributed by atoms with van der Waals surface area (Å²) in [5.41, 5.74) is 0.831. The van der Waals surface area contributed by atoms with Crippen LogP contribution in [0.4, 0.5) is 5.69 Å². The van der Waals surface area contributed by atoms with Gasteiger partial charge in [-0.2, -0.15) is 0 Å². The summed E-state index contributed by atoms with van der Waals surface area (Å²) in [6, 6.07) is 13.9. The molecule has 2 atom stereocenters. The van der Waals surface area contributed by atoms with E-state index in [-0.39, 0.29) is 18.0 Å². The zero-order valence-electron chi connectivity index (χ0n) is 12.7. The van der Waals surface area contributed by atoms with Gasteiger partial charge in [0.15, 0.2) is 0 Å². The summed E-state index contributed by atoms with van der Waals surface area (Å²) in [7, 11) is 0. The van der Waals surface area contributed by atoms with Crippen LogP contribution >= 0.6 is 11.3 Å². The number of benzene rings is 1. The molecule has 112 valence electrons. The van der Waals surface area contributed by atoms with E-state index in [1.165, 1.54) is 9.75 Å². The minimum Gasteiger partial charge on any atom is -0.325 e. The Balaban J connectivity index is 1.82. The van der Waals surface area contributed by atoms with E-state index in [0.29, 0.717) is 0 Å². The molecule has 1 aromatic heterocycles. The van der Waals surface area contributed by atoms with E-state index in [1.807, 2.05) is 48.6 Å². The van der Waals surface area contributed by atoms with Gasteiger partial charge in [0.25, 0.3) is 0 Å². The molecule has 2 rings (SSSR count). The molecular weight excluding hydrogens is 280 g/mol. The Bertz CT molecular complexity index is 579. The second-order valence-electron chi connectivity index (χ2n) is 5.36. The van der Waals surface area contributed by atoms with Crippen molar-refractivity contribution in [3.63, 3.8) is 0 Å². The lowest BCUT2D eigenvalue weighted by Gasteiger charge is -2.19. The number of rotatable bonds is 6. The summed E-state index contributed by atoms with van der Waals surface area (Å²) in [5, 5.41) is 6.27. The highest BCUT2D eigenvalue weighted by Gasteiger charge is 2.16. The predicted molar refractivity (Wildman–Crippen MR) is 89.9 cm³/mol. The number of nitrogens with one attached hydrogen (secondary N) is 2. The molecule has 2 N–H and O–H groups in total.